The van der Waals surface area contributed by atoms with Crippen LogP contribution in [0.4, 0.5) is 10.5 Å². The van der Waals surface area contributed by atoms with Crippen LogP contribution in [0.15, 0.2) is 65.6 Å². The average molecular weight is 509 g/mol. The van der Waals surface area contributed by atoms with E-state index in [1.165, 1.54) is 6.07 Å². The van der Waals surface area contributed by atoms with E-state index < -0.39 is 10.0 Å². The summed E-state index contributed by atoms with van der Waals surface area (Å²) in [5.41, 5.74) is 1.96. The molecule has 2 atom stereocenters. The number of rotatable bonds is 6. The average Bonchev–Trinajstić information content (AvgIpc) is 2.85. The Balaban J connectivity index is 1.57. The first-order valence-corrected chi connectivity index (χ1v) is 13.6. The molecule has 3 aromatic carbocycles. The van der Waals surface area contributed by atoms with E-state index >= 15 is 0 Å². The second kappa shape index (κ2) is 10.7. The fourth-order valence-electron chi connectivity index (χ4n) is 4.66. The number of benzene rings is 3. The van der Waals surface area contributed by atoms with Gasteiger partial charge in [-0.1, -0.05) is 49.4 Å². The maximum absolute atomic E-state index is 13.5. The Kier molecular flexibility index (Phi) is 7.61. The number of anilines is 1. The number of nitrogens with one attached hydrogen (secondary N) is 3. The van der Waals surface area contributed by atoms with E-state index in [1.807, 2.05) is 45.0 Å². The van der Waals surface area contributed by atoms with Gasteiger partial charge in [-0.15, -0.1) is 0 Å². The minimum Gasteiger partial charge on any atom is -0.338 e. The molecule has 0 bridgehead atoms. The van der Waals surface area contributed by atoms with Crippen molar-refractivity contribution in [1.29, 1.82) is 0 Å². The quantitative estimate of drug-likeness (QED) is 0.466. The van der Waals surface area contributed by atoms with Crippen molar-refractivity contribution in [2.45, 2.75) is 38.1 Å². The molecule has 0 spiro atoms. The second-order valence-electron chi connectivity index (χ2n) is 9.20. The summed E-state index contributed by atoms with van der Waals surface area (Å²) in [6, 6.07) is 17.2. The molecule has 0 aliphatic carbocycles. The second-order valence-corrected chi connectivity index (χ2v) is 10.9. The van der Waals surface area contributed by atoms with Gasteiger partial charge in [-0.2, -0.15) is 0 Å². The summed E-state index contributed by atoms with van der Waals surface area (Å²) < 4.78 is 29.8. The highest BCUT2D eigenvalue weighted by Crippen LogP contribution is 2.31. The molecule has 1 fully saturated rings. The number of sulfonamides is 1. The van der Waals surface area contributed by atoms with Gasteiger partial charge in [0.15, 0.2) is 0 Å². The Morgan fingerprint density at radius 2 is 1.69 bits per heavy atom. The van der Waals surface area contributed by atoms with E-state index in [9.17, 15) is 18.0 Å². The number of aryl methyl sites for hydroxylation is 1. The van der Waals surface area contributed by atoms with Gasteiger partial charge >= 0.3 is 6.03 Å². The number of fused-ring (bicyclic) bond motifs is 1. The van der Waals surface area contributed by atoms with Crippen LogP contribution in [0.25, 0.3) is 10.8 Å². The molecular formula is C27H32N4O4S. The Labute approximate surface area is 212 Å². The minimum absolute atomic E-state index is 0.0462. The molecule has 3 N–H and O–H groups in total. The molecule has 9 heteroatoms. The zero-order valence-electron chi connectivity index (χ0n) is 20.7. The van der Waals surface area contributed by atoms with Crippen molar-refractivity contribution in [1.82, 2.24) is 14.9 Å². The van der Waals surface area contributed by atoms with Crippen LogP contribution < -0.4 is 15.4 Å². The number of amides is 3. The maximum atomic E-state index is 13.5. The first-order valence-electron chi connectivity index (χ1n) is 12.1. The first-order chi connectivity index (χ1) is 17.2. The molecule has 1 aliphatic rings. The van der Waals surface area contributed by atoms with Gasteiger partial charge in [-0.05, 0) is 49.9 Å². The lowest BCUT2D eigenvalue weighted by Gasteiger charge is -2.37. The van der Waals surface area contributed by atoms with Crippen LogP contribution in [-0.2, 0) is 10.0 Å². The molecule has 0 unspecified atom stereocenters. The van der Waals surface area contributed by atoms with Gasteiger partial charge in [-0.3, -0.25) is 4.79 Å². The number of hydrogen-bond acceptors (Lipinski definition) is 4. The van der Waals surface area contributed by atoms with Gasteiger partial charge in [0.1, 0.15) is 0 Å². The summed E-state index contributed by atoms with van der Waals surface area (Å²) in [5, 5.41) is 6.90. The molecule has 0 radical (unpaired) electrons. The molecule has 0 saturated carbocycles. The van der Waals surface area contributed by atoms with Crippen molar-refractivity contribution >= 4 is 38.4 Å². The monoisotopic (exact) mass is 508 g/mol. The summed E-state index contributed by atoms with van der Waals surface area (Å²) in [4.78, 5) is 26.9. The Bertz CT molecular complexity index is 1390. The Morgan fingerprint density at radius 1 is 1.00 bits per heavy atom. The molecule has 4 rings (SSSR count). The number of urea groups is 1. The molecule has 36 heavy (non-hydrogen) atoms. The first kappa shape index (κ1) is 25.7. The molecule has 1 heterocycles. The van der Waals surface area contributed by atoms with E-state index in [1.54, 1.807) is 35.2 Å². The predicted octanol–water partition coefficient (Wildman–Crippen LogP) is 4.12. The largest absolute Gasteiger partial charge is 0.338 e. The summed E-state index contributed by atoms with van der Waals surface area (Å²) in [6.45, 7) is 7.19. The van der Waals surface area contributed by atoms with Gasteiger partial charge in [0, 0.05) is 47.7 Å². The third kappa shape index (κ3) is 5.37. The maximum Gasteiger partial charge on any atom is 0.317 e. The predicted molar refractivity (Wildman–Crippen MR) is 142 cm³/mol. The van der Waals surface area contributed by atoms with Crippen molar-refractivity contribution in [3.63, 3.8) is 0 Å². The Morgan fingerprint density at radius 3 is 2.39 bits per heavy atom. The smallest absolute Gasteiger partial charge is 0.317 e. The number of piperidine rings is 1. The van der Waals surface area contributed by atoms with Crippen molar-refractivity contribution in [2.75, 3.05) is 25.0 Å². The molecule has 3 amide bonds. The van der Waals surface area contributed by atoms with E-state index in [4.69, 9.17) is 0 Å². The number of likely N-dealkylation sites (tertiary alicyclic amines) is 1. The van der Waals surface area contributed by atoms with Gasteiger partial charge in [0.25, 0.3) is 5.91 Å². The van der Waals surface area contributed by atoms with Gasteiger partial charge < -0.3 is 15.5 Å². The fraction of sp³-hybridized carbons (Fsp3) is 0.333. The van der Waals surface area contributed by atoms with Crippen LogP contribution in [0.5, 0.6) is 0 Å². The van der Waals surface area contributed by atoms with Crippen molar-refractivity contribution in [2.24, 2.45) is 5.92 Å². The van der Waals surface area contributed by atoms with Crippen LogP contribution in [0.1, 0.15) is 36.2 Å². The normalized spacial score (nSPS) is 18.1. The SMILES string of the molecule is CCNC(=O)N1CC[C@@H](NS(=O)(=O)c2ccc(NC(=O)c3ccccc3C)c3ccccc23)[C@@H](C)C1. The van der Waals surface area contributed by atoms with Crippen molar-refractivity contribution in [3.05, 3.63) is 71.8 Å². The molecule has 8 nitrogen and oxygen atoms in total. The lowest BCUT2D eigenvalue weighted by molar-refractivity contribution is 0.102. The number of hydrogen-bond donors (Lipinski definition) is 3. The zero-order chi connectivity index (χ0) is 25.9. The zero-order valence-corrected chi connectivity index (χ0v) is 21.6. The van der Waals surface area contributed by atoms with Crippen molar-refractivity contribution in [3.8, 4) is 0 Å². The fourth-order valence-corrected chi connectivity index (χ4v) is 6.25. The Hall–Kier alpha value is -3.43. The van der Waals surface area contributed by atoms with Crippen LogP contribution in [-0.4, -0.2) is 50.9 Å². The molecule has 190 valence electrons. The summed E-state index contributed by atoms with van der Waals surface area (Å²) >= 11 is 0. The third-order valence-corrected chi connectivity index (χ3v) is 8.19. The standard InChI is InChI=1S/C27H32N4O4S/c1-4-28-27(33)31-16-15-23(19(3)17-31)30-36(34,35)25-14-13-24(21-11-7-8-12-22(21)25)29-26(32)20-10-6-5-9-18(20)2/h5-14,19,23,30H,4,15-17H2,1-3H3,(H,28,33)(H,29,32)/t19-,23+/m0/s1. The molecule has 1 aliphatic heterocycles. The highest BCUT2D eigenvalue weighted by atomic mass is 32.2. The molecule has 0 aromatic heterocycles. The van der Waals surface area contributed by atoms with Crippen molar-refractivity contribution < 1.29 is 18.0 Å². The van der Waals surface area contributed by atoms with E-state index in [0.29, 0.717) is 48.1 Å². The van der Waals surface area contributed by atoms with Gasteiger partial charge in [0.05, 0.1) is 4.90 Å². The van der Waals surface area contributed by atoms with E-state index in [2.05, 4.69) is 15.4 Å². The lowest BCUT2D eigenvalue weighted by atomic mass is 9.95. The van der Waals surface area contributed by atoms with E-state index in [-0.39, 0.29) is 28.8 Å². The summed E-state index contributed by atoms with van der Waals surface area (Å²) in [5.74, 6) is -0.297. The highest BCUT2D eigenvalue weighted by molar-refractivity contribution is 7.89. The topological polar surface area (TPSA) is 108 Å². The van der Waals surface area contributed by atoms with Gasteiger partial charge in [0.2, 0.25) is 10.0 Å². The van der Waals surface area contributed by atoms with Crippen LogP contribution in [0, 0.1) is 12.8 Å². The van der Waals surface area contributed by atoms with Crippen LogP contribution >= 0.6 is 0 Å². The number of carbonyl (C=O) groups is 2. The number of nitrogens with zero attached hydrogens (tertiary/aromatic N) is 1. The lowest BCUT2D eigenvalue weighted by Crippen LogP contribution is -2.53. The highest BCUT2D eigenvalue weighted by Gasteiger charge is 2.32. The van der Waals surface area contributed by atoms with Crippen LogP contribution in [0.2, 0.25) is 0 Å². The summed E-state index contributed by atoms with van der Waals surface area (Å²) in [6.07, 6.45) is 0.528. The molecule has 3 aromatic rings. The summed E-state index contributed by atoms with van der Waals surface area (Å²) in [7, 11) is -3.85. The molecular weight excluding hydrogens is 476 g/mol. The van der Waals surface area contributed by atoms with Gasteiger partial charge in [-0.25, -0.2) is 17.9 Å². The minimum atomic E-state index is -3.85. The van der Waals surface area contributed by atoms with Crippen LogP contribution in [0.3, 0.4) is 0 Å². The molecule has 1 saturated heterocycles. The number of carbonyl (C=O) groups excluding carboxylic acids is 2. The van der Waals surface area contributed by atoms with E-state index in [0.717, 1.165) is 5.56 Å². The third-order valence-electron chi connectivity index (χ3n) is 6.64.